The van der Waals surface area contributed by atoms with Crippen LogP contribution in [-0.4, -0.2) is 163 Å². The molecule has 12 atom stereocenters. The highest BCUT2D eigenvalue weighted by molar-refractivity contribution is 6.32. The van der Waals surface area contributed by atoms with Gasteiger partial charge in [0.1, 0.15) is 66.4 Å². The number of aliphatic hydroxyl groups is 3. The maximum absolute atomic E-state index is 14.6. The topological polar surface area (TPSA) is 322 Å². The Hall–Kier alpha value is -5.58. The van der Waals surface area contributed by atoms with Crippen LogP contribution in [0.2, 0.25) is 5.02 Å². The van der Waals surface area contributed by atoms with E-state index in [1.165, 1.54) is 52.9 Å². The van der Waals surface area contributed by atoms with Crippen LogP contribution in [0.4, 0.5) is 0 Å². The molecule has 2 bridgehead atoms. The number of fused-ring (bicyclic) bond motifs is 2. The number of phenolic OH excluding ortho intramolecular Hbond substituents is 1. The number of aliphatic hydroxyl groups excluding tert-OH is 3. The van der Waals surface area contributed by atoms with E-state index >= 15 is 0 Å². The Morgan fingerprint density at radius 3 is 2.09 bits per heavy atom. The number of likely N-dealkylation sites (N-methyl/N-ethyl adjacent to an activating group) is 1. The van der Waals surface area contributed by atoms with Crippen molar-refractivity contribution in [2.45, 2.75) is 174 Å². The predicted octanol–water partition coefficient (Wildman–Crippen LogP) is -1.14. The van der Waals surface area contributed by atoms with Crippen molar-refractivity contribution in [1.82, 2.24) is 41.7 Å². The number of nitrogens with zero attached hydrogens (tertiary/aromatic N) is 2. The van der Waals surface area contributed by atoms with Gasteiger partial charge in [0.25, 0.3) is 0 Å². The maximum atomic E-state index is 14.6. The molecule has 0 aliphatic carbocycles. The Bertz CT molecular complexity index is 2020. The SMILES string of the molecule is CCCC(=O)N[C@@H](C)C(=O)N[C@H](C(=O)N[C@@H]1C(=O)N[C@@H](CC(C)C)C(=O)N[C@@H]2CCC(O)N(C2=O)[C@H]([C@H](C)O)C(=O)N(C)[C@@H](Cc2ccc(O)c(Cl)c2)C(=O)NC(C(C)C)C(=O)O[C@H]1C)[C@@H](C)O. The molecule has 2 fully saturated rings. The van der Waals surface area contributed by atoms with Gasteiger partial charge in [-0.05, 0) is 82.9 Å². The molecule has 10 N–H and O–H groups in total. The van der Waals surface area contributed by atoms with Gasteiger partial charge in [0.2, 0.25) is 47.3 Å². The second kappa shape index (κ2) is 25.2. The van der Waals surface area contributed by atoms with Crippen molar-refractivity contribution < 1.29 is 68.3 Å². The van der Waals surface area contributed by atoms with E-state index < -0.39 is 132 Å². The van der Waals surface area contributed by atoms with Crippen molar-refractivity contribution >= 4 is 64.8 Å². The van der Waals surface area contributed by atoms with Crippen LogP contribution < -0.4 is 31.9 Å². The molecule has 0 radical (unpaired) electrons. The van der Waals surface area contributed by atoms with Gasteiger partial charge in [0.15, 0.2) is 0 Å². The summed E-state index contributed by atoms with van der Waals surface area (Å²) in [7, 11) is 1.21. The third-order valence-electron chi connectivity index (χ3n) is 11.7. The summed E-state index contributed by atoms with van der Waals surface area (Å²) < 4.78 is 5.79. The van der Waals surface area contributed by atoms with Crippen LogP contribution in [0.3, 0.4) is 0 Å². The van der Waals surface area contributed by atoms with Crippen molar-refractivity contribution in [3.63, 3.8) is 0 Å². The number of phenols is 1. The van der Waals surface area contributed by atoms with Gasteiger partial charge >= 0.3 is 5.97 Å². The fraction of sp³-hybridized carbons (Fsp3) is 0.667. The quantitative estimate of drug-likeness (QED) is 0.0987. The third-order valence-corrected chi connectivity index (χ3v) is 12.0. The summed E-state index contributed by atoms with van der Waals surface area (Å²) in [6.45, 7) is 13.3. The molecule has 1 aromatic carbocycles. The van der Waals surface area contributed by atoms with Crippen LogP contribution in [0, 0.1) is 11.8 Å². The fourth-order valence-electron chi connectivity index (χ4n) is 7.82. The molecule has 2 aliphatic heterocycles. The van der Waals surface area contributed by atoms with E-state index in [-0.39, 0.29) is 48.8 Å². The van der Waals surface area contributed by atoms with Gasteiger partial charge in [-0.15, -0.1) is 0 Å². The second-order valence-corrected chi connectivity index (χ2v) is 18.7. The number of cyclic esters (lactones) is 1. The number of halogens is 1. The first-order valence-electron chi connectivity index (χ1n) is 22.8. The van der Waals surface area contributed by atoms with Gasteiger partial charge in [-0.25, -0.2) is 4.79 Å². The van der Waals surface area contributed by atoms with E-state index in [1.807, 2.05) is 0 Å². The van der Waals surface area contributed by atoms with Crippen molar-refractivity contribution in [3.05, 3.63) is 28.8 Å². The smallest absolute Gasteiger partial charge is 0.329 e. The molecule has 23 heteroatoms. The standard InChI is InChI=1S/C45H69ClN8O14/c1-11-12-32(58)47-22(6)38(60)51-35(23(7)55)41(63)52-36-25(9)68-45(67)34(21(4)5)50-40(62)30(19-26-13-15-31(57)27(46)18-26)53(10)44(66)37(24(8)56)54-33(59)16-14-28(43(54)65)48-39(61)29(17-20(2)3)49-42(36)64/h13,15,18,20-25,28-30,33-37,55-57,59H,11-12,14,16-17,19H2,1-10H3,(H,47,58)(H,48,61)(H,49,64)(H,50,62)(H,51,60)(H,52,63)/t22-,23+,24-,25-,28+,29-,30-,33?,34?,35-,36-,37+/m0/s1. The normalized spacial score (nSPS) is 26.5. The number of rotatable bonds is 14. The van der Waals surface area contributed by atoms with Crippen molar-refractivity contribution in [2.24, 2.45) is 11.8 Å². The van der Waals surface area contributed by atoms with Gasteiger partial charge in [-0.1, -0.05) is 52.3 Å². The first kappa shape index (κ1) is 56.7. The van der Waals surface area contributed by atoms with Crippen LogP contribution in [0.1, 0.15) is 100.0 Å². The molecule has 68 heavy (non-hydrogen) atoms. The minimum absolute atomic E-state index is 0.0394. The number of ether oxygens (including phenoxy) is 1. The van der Waals surface area contributed by atoms with Crippen molar-refractivity contribution in [2.75, 3.05) is 7.05 Å². The maximum Gasteiger partial charge on any atom is 0.329 e. The molecule has 0 aromatic heterocycles. The molecular formula is C45H69ClN8O14. The number of hydrogen-bond acceptors (Lipinski definition) is 14. The summed E-state index contributed by atoms with van der Waals surface area (Å²) in [6, 6.07) is -8.38. The molecular weight excluding hydrogens is 912 g/mol. The van der Waals surface area contributed by atoms with Gasteiger partial charge in [-0.2, -0.15) is 0 Å². The number of benzene rings is 1. The average molecular weight is 982 g/mol. The zero-order valence-corrected chi connectivity index (χ0v) is 41.0. The molecule has 2 saturated heterocycles. The molecule has 22 nitrogen and oxygen atoms in total. The van der Waals surface area contributed by atoms with Crippen LogP contribution >= 0.6 is 11.6 Å². The van der Waals surface area contributed by atoms with Crippen LogP contribution in [0.25, 0.3) is 0 Å². The molecule has 3 rings (SSSR count). The highest BCUT2D eigenvalue weighted by atomic mass is 35.5. The number of esters is 1. The van der Waals surface area contributed by atoms with Crippen LogP contribution in [0.5, 0.6) is 5.75 Å². The fourth-order valence-corrected chi connectivity index (χ4v) is 8.03. The van der Waals surface area contributed by atoms with Crippen molar-refractivity contribution in [3.8, 4) is 5.75 Å². The molecule has 2 unspecified atom stereocenters. The monoisotopic (exact) mass is 980 g/mol. The summed E-state index contributed by atoms with van der Waals surface area (Å²) in [6.07, 6.45) is -6.53. The molecule has 0 saturated carbocycles. The zero-order valence-electron chi connectivity index (χ0n) is 40.2. The van der Waals surface area contributed by atoms with Gasteiger partial charge in [0, 0.05) is 19.9 Å². The van der Waals surface area contributed by atoms with E-state index in [2.05, 4.69) is 31.9 Å². The first-order valence-corrected chi connectivity index (χ1v) is 23.2. The van der Waals surface area contributed by atoms with Crippen LogP contribution in [0.15, 0.2) is 18.2 Å². The second-order valence-electron chi connectivity index (χ2n) is 18.3. The van der Waals surface area contributed by atoms with E-state index in [0.29, 0.717) is 12.0 Å². The number of carbonyl (C=O) groups is 9. The minimum Gasteiger partial charge on any atom is -0.506 e. The molecule has 0 spiro atoms. The van der Waals surface area contributed by atoms with Gasteiger partial charge in [-0.3, -0.25) is 38.4 Å². The first-order chi connectivity index (χ1) is 31.7. The number of piperidine rings is 1. The Labute approximate surface area is 401 Å². The number of amides is 8. The zero-order chi connectivity index (χ0) is 51.5. The summed E-state index contributed by atoms with van der Waals surface area (Å²) in [5.41, 5.74) is 0.330. The lowest BCUT2D eigenvalue weighted by Crippen LogP contribution is -2.67. The van der Waals surface area contributed by atoms with Crippen molar-refractivity contribution in [1.29, 1.82) is 0 Å². The van der Waals surface area contributed by atoms with Gasteiger partial charge < -0.3 is 66.9 Å². The number of carbonyl (C=O) groups excluding carboxylic acids is 9. The summed E-state index contributed by atoms with van der Waals surface area (Å²) in [5, 5.41) is 58.1. The summed E-state index contributed by atoms with van der Waals surface area (Å²) >= 11 is 6.19. The highest BCUT2D eigenvalue weighted by Gasteiger charge is 2.47. The number of hydrogen-bond donors (Lipinski definition) is 10. The largest absolute Gasteiger partial charge is 0.506 e. The average Bonchev–Trinajstić information content (AvgIpc) is 3.24. The van der Waals surface area contributed by atoms with E-state index in [0.717, 1.165) is 9.80 Å². The molecule has 2 heterocycles. The minimum atomic E-state index is -1.86. The highest BCUT2D eigenvalue weighted by Crippen LogP contribution is 2.27. The number of nitrogens with one attached hydrogen (secondary N) is 6. The van der Waals surface area contributed by atoms with Gasteiger partial charge in [0.05, 0.1) is 17.2 Å². The van der Waals surface area contributed by atoms with Crippen LogP contribution in [-0.2, 0) is 54.3 Å². The summed E-state index contributed by atoms with van der Waals surface area (Å²) in [4.78, 5) is 127. The third kappa shape index (κ3) is 15.0. The lowest BCUT2D eigenvalue weighted by molar-refractivity contribution is -0.170. The Morgan fingerprint density at radius 2 is 1.53 bits per heavy atom. The Morgan fingerprint density at radius 1 is 0.882 bits per heavy atom. The predicted molar refractivity (Wildman–Crippen MR) is 245 cm³/mol. The lowest BCUT2D eigenvalue weighted by Gasteiger charge is -2.43. The number of aromatic hydroxyl groups is 1. The van der Waals surface area contributed by atoms with E-state index in [9.17, 15) is 63.6 Å². The lowest BCUT2D eigenvalue weighted by atomic mass is 9.96. The molecule has 2 aliphatic rings. The Balaban J connectivity index is 2.20. The van der Waals surface area contributed by atoms with E-state index in [4.69, 9.17) is 16.3 Å². The van der Waals surface area contributed by atoms with E-state index in [1.54, 1.807) is 34.6 Å². The molecule has 8 amide bonds. The Kier molecular flexibility index (Phi) is 21.0. The molecule has 1 aromatic rings. The molecule has 380 valence electrons. The summed E-state index contributed by atoms with van der Waals surface area (Å²) in [5.74, 6) is -9.72.